The number of rotatable bonds is 6. The van der Waals surface area contributed by atoms with Gasteiger partial charge in [-0.05, 0) is 38.5 Å². The third-order valence-electron chi connectivity index (χ3n) is 8.00. The van der Waals surface area contributed by atoms with E-state index in [1.807, 2.05) is 18.7 Å². The lowest BCUT2D eigenvalue weighted by atomic mass is 9.84. The molecule has 10 heteroatoms. The summed E-state index contributed by atoms with van der Waals surface area (Å²) in [4.78, 5) is 28.0. The number of fused-ring (bicyclic) bond motifs is 1. The van der Waals surface area contributed by atoms with Gasteiger partial charge in [-0.1, -0.05) is 6.92 Å². The minimum atomic E-state index is -3.89. The highest BCUT2D eigenvalue weighted by Crippen LogP contribution is 2.59. The Hall–Kier alpha value is -0.840. The van der Waals surface area contributed by atoms with E-state index in [1.165, 1.54) is 0 Å². The van der Waals surface area contributed by atoms with Gasteiger partial charge in [0, 0.05) is 36.4 Å². The summed E-state index contributed by atoms with van der Waals surface area (Å²) in [6, 6.07) is 0. The highest BCUT2D eigenvalue weighted by Gasteiger charge is 2.72. The van der Waals surface area contributed by atoms with Crippen LogP contribution in [0.25, 0.3) is 0 Å². The van der Waals surface area contributed by atoms with Gasteiger partial charge in [0.15, 0.2) is 0 Å². The summed E-state index contributed by atoms with van der Waals surface area (Å²) in [7, 11) is -3.89. The first kappa shape index (κ1) is 22.0. The summed E-state index contributed by atoms with van der Waals surface area (Å²) < 4.78 is 42.7. The Morgan fingerprint density at radius 3 is 2.55 bits per heavy atom. The normalized spacial score (nSPS) is 40.2. The molecule has 5 aliphatic rings. The number of ether oxygens (including phenoxy) is 2. The predicted octanol–water partition coefficient (Wildman–Crippen LogP) is 1.58. The van der Waals surface area contributed by atoms with E-state index >= 15 is 0 Å². The van der Waals surface area contributed by atoms with Gasteiger partial charge in [0.1, 0.15) is 23.1 Å². The molecule has 2 heterocycles. The fourth-order valence-electron chi connectivity index (χ4n) is 6.41. The van der Waals surface area contributed by atoms with Crippen LogP contribution in [-0.4, -0.2) is 79.5 Å². The Bertz CT molecular complexity index is 835. The van der Waals surface area contributed by atoms with E-state index in [2.05, 4.69) is 4.90 Å². The lowest BCUT2D eigenvalue weighted by Crippen LogP contribution is -2.48. The number of carbonyl (C=O) groups is 2. The molecular formula is C21H31NO7S2. The van der Waals surface area contributed by atoms with Gasteiger partial charge in [0.05, 0.1) is 12.5 Å². The maximum atomic E-state index is 13.3. The Morgan fingerprint density at radius 2 is 1.87 bits per heavy atom. The van der Waals surface area contributed by atoms with Crippen molar-refractivity contribution in [1.29, 1.82) is 0 Å². The largest absolute Gasteiger partial charge is 0.459 e. The van der Waals surface area contributed by atoms with E-state index in [-0.39, 0.29) is 24.3 Å². The minimum Gasteiger partial charge on any atom is -0.459 e. The van der Waals surface area contributed by atoms with Gasteiger partial charge in [-0.2, -0.15) is 20.2 Å². The second-order valence-corrected chi connectivity index (χ2v) is 12.6. The van der Waals surface area contributed by atoms with E-state index in [0.29, 0.717) is 6.42 Å². The topological polar surface area (TPSA) is 99.2 Å². The van der Waals surface area contributed by atoms with Gasteiger partial charge in [-0.15, -0.1) is 0 Å². The Balaban J connectivity index is 1.32. The monoisotopic (exact) mass is 473 g/mol. The molecule has 5 fully saturated rings. The smallest absolute Gasteiger partial charge is 0.320 e. The Morgan fingerprint density at radius 1 is 1.16 bits per heavy atom. The first-order chi connectivity index (χ1) is 14.8. The summed E-state index contributed by atoms with van der Waals surface area (Å²) in [5.74, 6) is -0.342. The Labute approximate surface area is 187 Å². The maximum Gasteiger partial charge on any atom is 0.320 e. The second-order valence-electron chi connectivity index (χ2n) is 9.62. The van der Waals surface area contributed by atoms with Gasteiger partial charge in [0.2, 0.25) is 0 Å². The van der Waals surface area contributed by atoms with Gasteiger partial charge < -0.3 is 9.47 Å². The van der Waals surface area contributed by atoms with Crippen LogP contribution in [0, 0.1) is 17.8 Å². The van der Waals surface area contributed by atoms with E-state index in [1.54, 1.807) is 0 Å². The summed E-state index contributed by atoms with van der Waals surface area (Å²) in [5, 5.41) is -0.876. The molecule has 31 heavy (non-hydrogen) atoms. The number of thioether (sulfide) groups is 1. The van der Waals surface area contributed by atoms with Crippen molar-refractivity contribution < 1.29 is 31.7 Å². The van der Waals surface area contributed by atoms with Crippen LogP contribution in [0.15, 0.2) is 0 Å². The van der Waals surface area contributed by atoms with Crippen LogP contribution in [-0.2, 0) is 33.4 Å². The molecule has 2 saturated heterocycles. The predicted molar refractivity (Wildman–Crippen MR) is 114 cm³/mol. The molecule has 0 radical (unpaired) electrons. The molecule has 174 valence electrons. The van der Waals surface area contributed by atoms with Crippen LogP contribution in [0.1, 0.15) is 45.4 Å². The van der Waals surface area contributed by atoms with Crippen molar-refractivity contribution in [2.75, 3.05) is 31.1 Å². The fraction of sp³-hybridized carbons (Fsp3) is 0.905. The quantitative estimate of drug-likeness (QED) is 0.420. The third kappa shape index (κ3) is 3.81. The molecule has 3 saturated carbocycles. The Kier molecular flexibility index (Phi) is 5.80. The molecule has 8 nitrogen and oxygen atoms in total. The van der Waals surface area contributed by atoms with Gasteiger partial charge in [0.25, 0.3) is 10.1 Å². The van der Waals surface area contributed by atoms with Gasteiger partial charge in [-0.3, -0.25) is 18.7 Å². The van der Waals surface area contributed by atoms with Crippen LogP contribution in [0.2, 0.25) is 0 Å². The van der Waals surface area contributed by atoms with Crippen molar-refractivity contribution in [2.45, 2.75) is 68.5 Å². The summed E-state index contributed by atoms with van der Waals surface area (Å²) >= 11 is 1.86. The molecule has 0 N–H and O–H groups in total. The maximum absolute atomic E-state index is 13.3. The van der Waals surface area contributed by atoms with Crippen LogP contribution < -0.4 is 0 Å². The molecular weight excluding hydrogens is 442 g/mol. The molecule has 0 aromatic carbocycles. The van der Waals surface area contributed by atoms with Crippen LogP contribution in [0.5, 0.6) is 0 Å². The van der Waals surface area contributed by atoms with E-state index in [9.17, 15) is 18.0 Å². The summed E-state index contributed by atoms with van der Waals surface area (Å²) in [6.07, 6.45) is 3.53. The van der Waals surface area contributed by atoms with Crippen molar-refractivity contribution in [2.24, 2.45) is 17.8 Å². The molecule has 0 amide bonds. The molecule has 0 aromatic rings. The molecule has 3 aliphatic carbocycles. The zero-order valence-electron chi connectivity index (χ0n) is 17.9. The highest BCUT2D eigenvalue weighted by atomic mass is 32.2. The van der Waals surface area contributed by atoms with Gasteiger partial charge in [-0.25, -0.2) is 0 Å². The molecule has 6 atom stereocenters. The second kappa shape index (κ2) is 8.18. The van der Waals surface area contributed by atoms with E-state index in [4.69, 9.17) is 13.7 Å². The zero-order chi connectivity index (χ0) is 21.8. The first-order valence-corrected chi connectivity index (χ1v) is 14.1. The number of hydrogen-bond donors (Lipinski definition) is 0. The SMILES string of the molecule is CCC1(OC(=O)C2C3CC4C(OS(=O)(=O)C42)C3OC(=O)CN2CCSCC2)CCCC1. The van der Waals surface area contributed by atoms with Crippen molar-refractivity contribution in [3.63, 3.8) is 0 Å². The number of hydrogen-bond acceptors (Lipinski definition) is 9. The highest BCUT2D eigenvalue weighted by molar-refractivity contribution is 7.99. The van der Waals surface area contributed by atoms with Crippen molar-refractivity contribution in [3.8, 4) is 0 Å². The molecule has 5 rings (SSSR count). The van der Waals surface area contributed by atoms with Crippen LogP contribution in [0.4, 0.5) is 0 Å². The summed E-state index contributed by atoms with van der Waals surface area (Å²) in [6.45, 7) is 3.86. The van der Waals surface area contributed by atoms with Crippen molar-refractivity contribution in [1.82, 2.24) is 4.90 Å². The third-order valence-corrected chi connectivity index (χ3v) is 10.7. The average molecular weight is 474 g/mol. The standard InChI is InChI=1S/C21H31NO7S2/c1-2-21(5-3-4-6-21)28-20(24)16-13-11-14-18(29-31(25,26)19(14)16)17(13)27-15(23)12-22-7-9-30-10-8-22/h13-14,16-19H,2-12H2,1H3. The van der Waals surface area contributed by atoms with E-state index in [0.717, 1.165) is 56.7 Å². The molecule has 0 spiro atoms. The average Bonchev–Trinajstić information content (AvgIpc) is 3.46. The van der Waals surface area contributed by atoms with Gasteiger partial charge >= 0.3 is 11.9 Å². The van der Waals surface area contributed by atoms with E-state index < -0.39 is 45.1 Å². The van der Waals surface area contributed by atoms with Crippen LogP contribution >= 0.6 is 11.8 Å². The number of nitrogens with zero attached hydrogens (tertiary/aromatic N) is 1. The molecule has 2 bridgehead atoms. The van der Waals surface area contributed by atoms with Crippen molar-refractivity contribution >= 4 is 33.8 Å². The fourth-order valence-corrected chi connectivity index (χ4v) is 9.45. The summed E-state index contributed by atoms with van der Waals surface area (Å²) in [5.41, 5.74) is -0.486. The minimum absolute atomic E-state index is 0.186. The molecule has 2 aliphatic heterocycles. The lowest BCUT2D eigenvalue weighted by Gasteiger charge is -2.34. The van der Waals surface area contributed by atoms with Crippen molar-refractivity contribution in [3.05, 3.63) is 0 Å². The number of esters is 2. The molecule has 6 unspecified atom stereocenters. The zero-order valence-corrected chi connectivity index (χ0v) is 19.5. The van der Waals surface area contributed by atoms with Crippen LogP contribution in [0.3, 0.4) is 0 Å². The first-order valence-electron chi connectivity index (χ1n) is 11.5. The lowest BCUT2D eigenvalue weighted by molar-refractivity contribution is -0.173. The molecule has 0 aromatic heterocycles. The number of carbonyl (C=O) groups excluding carboxylic acids is 2.